The van der Waals surface area contributed by atoms with Gasteiger partial charge in [0.15, 0.2) is 6.10 Å². The summed E-state index contributed by atoms with van der Waals surface area (Å²) >= 11 is 0. The number of H-pyrrole nitrogens is 1. The molecule has 0 spiro atoms. The van der Waals surface area contributed by atoms with Crippen molar-refractivity contribution in [3.05, 3.63) is 24.0 Å². The van der Waals surface area contributed by atoms with Crippen molar-refractivity contribution in [2.24, 2.45) is 0 Å². The number of aromatic nitrogens is 1. The second kappa shape index (κ2) is 4.09. The minimum Gasteiger partial charge on any atom is -0.377 e. The first-order chi connectivity index (χ1) is 6.11. The molecule has 1 rings (SSSR count). The first kappa shape index (κ1) is 9.80. The van der Waals surface area contributed by atoms with Crippen LogP contribution in [0.1, 0.15) is 25.6 Å². The third-order valence-electron chi connectivity index (χ3n) is 1.60. The Morgan fingerprint density at radius 3 is 2.77 bits per heavy atom. The summed E-state index contributed by atoms with van der Waals surface area (Å²) in [6, 6.07) is 3.45. The maximum absolute atomic E-state index is 11.3. The molecule has 1 atom stereocenters. The van der Waals surface area contributed by atoms with Gasteiger partial charge in [0.1, 0.15) is 0 Å². The molecule has 1 aromatic rings. The van der Waals surface area contributed by atoms with Gasteiger partial charge in [-0.15, -0.1) is 0 Å². The van der Waals surface area contributed by atoms with E-state index in [1.807, 2.05) is 13.8 Å². The van der Waals surface area contributed by atoms with Crippen LogP contribution in [0.5, 0.6) is 0 Å². The largest absolute Gasteiger partial charge is 0.377 e. The van der Waals surface area contributed by atoms with E-state index in [0.29, 0.717) is 5.69 Å². The summed E-state index contributed by atoms with van der Waals surface area (Å²) in [6.45, 7) is 3.69. The number of aliphatic hydroxyl groups is 1. The molecule has 0 saturated carbocycles. The molecule has 4 heteroatoms. The van der Waals surface area contributed by atoms with Crippen LogP contribution < -0.4 is 5.32 Å². The summed E-state index contributed by atoms with van der Waals surface area (Å²) in [6.07, 6.45) is 0.568. The number of hydrogen-bond acceptors (Lipinski definition) is 2. The van der Waals surface area contributed by atoms with Gasteiger partial charge in [-0.25, -0.2) is 0 Å². The average molecular weight is 182 g/mol. The van der Waals surface area contributed by atoms with E-state index in [0.717, 1.165) is 0 Å². The van der Waals surface area contributed by atoms with Crippen molar-refractivity contribution in [3.63, 3.8) is 0 Å². The number of hydrogen-bond donors (Lipinski definition) is 3. The molecule has 0 aromatic carbocycles. The van der Waals surface area contributed by atoms with Gasteiger partial charge < -0.3 is 15.4 Å². The predicted molar refractivity (Wildman–Crippen MR) is 49.0 cm³/mol. The van der Waals surface area contributed by atoms with Gasteiger partial charge in [0.05, 0.1) is 5.69 Å². The smallest absolute Gasteiger partial charge is 0.255 e. The standard InChI is InChI=1S/C9H14N2O2/c1-6(2)11-9(13)8(12)7-4-3-5-10-7/h3-6,8,10,12H,1-2H3,(H,11,13). The van der Waals surface area contributed by atoms with E-state index in [1.165, 1.54) is 0 Å². The van der Waals surface area contributed by atoms with Gasteiger partial charge in [0.2, 0.25) is 0 Å². The highest BCUT2D eigenvalue weighted by Crippen LogP contribution is 2.09. The molecular formula is C9H14N2O2. The number of aliphatic hydroxyl groups excluding tert-OH is 1. The van der Waals surface area contributed by atoms with Crippen molar-refractivity contribution in [3.8, 4) is 0 Å². The Labute approximate surface area is 77.0 Å². The van der Waals surface area contributed by atoms with Gasteiger partial charge >= 0.3 is 0 Å². The van der Waals surface area contributed by atoms with E-state index >= 15 is 0 Å². The maximum atomic E-state index is 11.3. The van der Waals surface area contributed by atoms with Crippen LogP contribution in [0.3, 0.4) is 0 Å². The van der Waals surface area contributed by atoms with Gasteiger partial charge in [-0.3, -0.25) is 4.79 Å². The topological polar surface area (TPSA) is 65.1 Å². The van der Waals surface area contributed by atoms with Gasteiger partial charge in [-0.2, -0.15) is 0 Å². The molecular weight excluding hydrogens is 168 g/mol. The summed E-state index contributed by atoms with van der Waals surface area (Å²) in [4.78, 5) is 14.1. The zero-order chi connectivity index (χ0) is 9.84. The molecule has 0 fully saturated rings. The first-order valence-corrected chi connectivity index (χ1v) is 4.23. The highest BCUT2D eigenvalue weighted by Gasteiger charge is 2.17. The molecule has 1 amide bonds. The van der Waals surface area contributed by atoms with Crippen molar-refractivity contribution in [2.45, 2.75) is 26.0 Å². The fraction of sp³-hybridized carbons (Fsp3) is 0.444. The quantitative estimate of drug-likeness (QED) is 0.640. The zero-order valence-corrected chi connectivity index (χ0v) is 7.74. The Balaban J connectivity index is 2.58. The molecule has 0 saturated heterocycles. The van der Waals surface area contributed by atoms with Gasteiger partial charge in [-0.1, -0.05) is 0 Å². The van der Waals surface area contributed by atoms with Crippen molar-refractivity contribution < 1.29 is 9.90 Å². The lowest BCUT2D eigenvalue weighted by molar-refractivity contribution is -0.130. The average Bonchev–Trinajstić information content (AvgIpc) is 2.53. The van der Waals surface area contributed by atoms with Gasteiger partial charge in [-0.05, 0) is 26.0 Å². The second-order valence-electron chi connectivity index (χ2n) is 3.19. The lowest BCUT2D eigenvalue weighted by Gasteiger charge is -2.12. The molecule has 0 aliphatic rings. The van der Waals surface area contributed by atoms with Crippen LogP contribution in [0.2, 0.25) is 0 Å². The van der Waals surface area contributed by atoms with Crippen molar-refractivity contribution in [1.82, 2.24) is 10.3 Å². The van der Waals surface area contributed by atoms with Crippen LogP contribution in [-0.4, -0.2) is 22.0 Å². The van der Waals surface area contributed by atoms with Gasteiger partial charge in [0.25, 0.3) is 5.91 Å². The monoisotopic (exact) mass is 182 g/mol. The summed E-state index contributed by atoms with van der Waals surface area (Å²) < 4.78 is 0. The SMILES string of the molecule is CC(C)NC(=O)C(O)c1ccc[nH]1. The highest BCUT2D eigenvalue weighted by molar-refractivity contribution is 5.81. The Hall–Kier alpha value is -1.29. The van der Waals surface area contributed by atoms with Crippen LogP contribution in [0.4, 0.5) is 0 Å². The molecule has 1 heterocycles. The molecule has 0 radical (unpaired) electrons. The third kappa shape index (κ3) is 2.59. The molecule has 1 aromatic heterocycles. The van der Waals surface area contributed by atoms with Crippen LogP contribution in [0.15, 0.2) is 18.3 Å². The predicted octanol–water partition coefficient (Wildman–Crippen LogP) is 0.573. The van der Waals surface area contributed by atoms with E-state index in [2.05, 4.69) is 10.3 Å². The fourth-order valence-electron chi connectivity index (χ4n) is 1.02. The molecule has 3 N–H and O–H groups in total. The fourth-order valence-corrected chi connectivity index (χ4v) is 1.02. The number of aromatic amines is 1. The highest BCUT2D eigenvalue weighted by atomic mass is 16.3. The summed E-state index contributed by atoms with van der Waals surface area (Å²) in [5.41, 5.74) is 0.512. The molecule has 1 unspecified atom stereocenters. The zero-order valence-electron chi connectivity index (χ0n) is 7.74. The molecule has 72 valence electrons. The molecule has 0 bridgehead atoms. The van der Waals surface area contributed by atoms with E-state index in [-0.39, 0.29) is 11.9 Å². The van der Waals surface area contributed by atoms with Crippen molar-refractivity contribution in [1.29, 1.82) is 0 Å². The van der Waals surface area contributed by atoms with Crippen LogP contribution in [0, 0.1) is 0 Å². The number of nitrogens with one attached hydrogen (secondary N) is 2. The lowest BCUT2D eigenvalue weighted by atomic mass is 10.2. The number of rotatable bonds is 3. The van der Waals surface area contributed by atoms with Gasteiger partial charge in [0, 0.05) is 12.2 Å². The maximum Gasteiger partial charge on any atom is 0.255 e. The molecule has 4 nitrogen and oxygen atoms in total. The summed E-state index contributed by atoms with van der Waals surface area (Å²) in [5.74, 6) is -0.377. The van der Waals surface area contributed by atoms with Crippen LogP contribution in [-0.2, 0) is 4.79 Å². The van der Waals surface area contributed by atoms with E-state index in [1.54, 1.807) is 18.3 Å². The molecule has 0 aliphatic heterocycles. The van der Waals surface area contributed by atoms with E-state index < -0.39 is 6.10 Å². The Bertz CT molecular complexity index is 267. The summed E-state index contributed by atoms with van der Waals surface area (Å²) in [7, 11) is 0. The van der Waals surface area contributed by atoms with Crippen LogP contribution >= 0.6 is 0 Å². The Kier molecular flexibility index (Phi) is 3.08. The Morgan fingerprint density at radius 2 is 2.31 bits per heavy atom. The van der Waals surface area contributed by atoms with Crippen molar-refractivity contribution >= 4 is 5.91 Å². The second-order valence-corrected chi connectivity index (χ2v) is 3.19. The van der Waals surface area contributed by atoms with Crippen LogP contribution in [0.25, 0.3) is 0 Å². The first-order valence-electron chi connectivity index (χ1n) is 4.23. The number of amides is 1. The molecule has 13 heavy (non-hydrogen) atoms. The van der Waals surface area contributed by atoms with E-state index in [9.17, 15) is 9.90 Å². The lowest BCUT2D eigenvalue weighted by Crippen LogP contribution is -2.34. The molecule has 0 aliphatic carbocycles. The minimum absolute atomic E-state index is 0.0390. The number of carbonyl (C=O) groups is 1. The minimum atomic E-state index is -1.10. The van der Waals surface area contributed by atoms with Crippen molar-refractivity contribution in [2.75, 3.05) is 0 Å². The number of carbonyl (C=O) groups excluding carboxylic acids is 1. The van der Waals surface area contributed by atoms with E-state index in [4.69, 9.17) is 0 Å². The summed E-state index contributed by atoms with van der Waals surface area (Å²) in [5, 5.41) is 12.1. The third-order valence-corrected chi connectivity index (χ3v) is 1.60. The normalized spacial score (nSPS) is 12.9. The Morgan fingerprint density at radius 1 is 1.62 bits per heavy atom.